The molecule has 5 aromatic rings. The quantitative estimate of drug-likeness (QED) is 0.215. The number of hydrogen-bond acceptors (Lipinski definition) is 5. The van der Waals surface area contributed by atoms with Crippen LogP contribution in [-0.4, -0.2) is 13.0 Å². The lowest BCUT2D eigenvalue weighted by atomic mass is 10.3. The van der Waals surface area contributed by atoms with Crippen molar-refractivity contribution in [1.82, 2.24) is 13.0 Å². The second kappa shape index (κ2) is 11.0. The van der Waals surface area contributed by atoms with Crippen LogP contribution in [0.2, 0.25) is 0 Å². The molecule has 0 amide bonds. The largest absolute Gasteiger partial charge is 0.414 e. The third kappa shape index (κ3) is 5.65. The molecule has 10 heteroatoms. The predicted molar refractivity (Wildman–Crippen MR) is 136 cm³/mol. The van der Waals surface area contributed by atoms with Gasteiger partial charge in [-0.25, -0.2) is 0 Å². The van der Waals surface area contributed by atoms with Crippen molar-refractivity contribution in [3.8, 4) is 23.0 Å². The van der Waals surface area contributed by atoms with Gasteiger partial charge in [0, 0.05) is 0 Å². The van der Waals surface area contributed by atoms with Crippen LogP contribution in [0.1, 0.15) is 0 Å². The van der Waals surface area contributed by atoms with Crippen molar-refractivity contribution in [3.63, 3.8) is 0 Å². The van der Waals surface area contributed by atoms with Crippen molar-refractivity contribution in [2.75, 3.05) is 0 Å². The van der Waals surface area contributed by atoms with E-state index in [1.54, 1.807) is 8.51 Å². The van der Waals surface area contributed by atoms with Crippen LogP contribution in [0.15, 0.2) is 121 Å². The van der Waals surface area contributed by atoms with E-state index in [0.717, 1.165) is 0 Å². The van der Waals surface area contributed by atoms with Gasteiger partial charge in [-0.2, -0.15) is 0 Å². The lowest BCUT2D eigenvalue weighted by Gasteiger charge is -2.20. The summed E-state index contributed by atoms with van der Waals surface area (Å²) in [7, 11) is -2.65. The summed E-state index contributed by atoms with van der Waals surface area (Å²) in [6.07, 6.45) is 0. The molecule has 1 heterocycles. The zero-order valence-electron chi connectivity index (χ0n) is 17.9. The molecule has 7 nitrogen and oxygen atoms in total. The van der Waals surface area contributed by atoms with E-state index in [-0.39, 0.29) is 0 Å². The normalized spacial score (nSPS) is 11.6. The molecule has 170 valence electrons. The Morgan fingerprint density at radius 2 is 0.971 bits per heavy atom. The van der Waals surface area contributed by atoms with Gasteiger partial charge in [-0.15, -0.1) is 4.51 Å². The van der Waals surface area contributed by atoms with Crippen LogP contribution >= 0.6 is 24.7 Å². The summed E-state index contributed by atoms with van der Waals surface area (Å²) < 4.78 is 20.7. The van der Waals surface area contributed by atoms with E-state index in [9.17, 15) is 0 Å². The smallest absolute Gasteiger partial charge is 0.319 e. The molecule has 0 fully saturated rings. The molecule has 0 saturated heterocycles. The minimum absolute atomic E-state index is 0.550. The van der Waals surface area contributed by atoms with Crippen molar-refractivity contribution in [3.05, 3.63) is 121 Å². The van der Waals surface area contributed by atoms with Gasteiger partial charge in [0.2, 0.25) is 0 Å². The van der Waals surface area contributed by atoms with Gasteiger partial charge in [-0.1, -0.05) is 77.1 Å². The second-order valence-corrected chi connectivity index (χ2v) is 11.2. The fourth-order valence-corrected chi connectivity index (χ4v) is 7.76. The van der Waals surface area contributed by atoms with Crippen LogP contribution < -0.4 is 18.7 Å². The van der Waals surface area contributed by atoms with Crippen LogP contribution in [-0.2, 0) is 0 Å². The first-order valence-corrected chi connectivity index (χ1v) is 13.5. The van der Waals surface area contributed by atoms with Crippen LogP contribution in [0.4, 0.5) is 0 Å². The highest BCUT2D eigenvalue weighted by Gasteiger charge is 2.20. The zero-order chi connectivity index (χ0) is 23.0. The summed E-state index contributed by atoms with van der Waals surface area (Å²) in [6, 6.07) is 38.2. The lowest BCUT2D eigenvalue weighted by molar-refractivity contribution is 0.232. The minimum atomic E-state index is -1.64. The molecule has 4 aromatic carbocycles. The van der Waals surface area contributed by atoms with Gasteiger partial charge in [0.1, 0.15) is 11.5 Å². The van der Waals surface area contributed by atoms with Crippen molar-refractivity contribution in [2.24, 2.45) is 0 Å². The van der Waals surface area contributed by atoms with E-state index in [2.05, 4.69) is 0 Å². The van der Waals surface area contributed by atoms with Crippen LogP contribution in [0, 0.1) is 0 Å². The van der Waals surface area contributed by atoms with E-state index in [1.165, 1.54) is 0 Å². The molecule has 0 aliphatic carbocycles. The lowest BCUT2D eigenvalue weighted by Crippen LogP contribution is -2.14. The molecule has 0 N–H and O–H groups in total. The van der Waals surface area contributed by atoms with Crippen molar-refractivity contribution in [2.45, 2.75) is 0 Å². The molecular weight excluding hydrogens is 487 g/mol. The van der Waals surface area contributed by atoms with E-state index < -0.39 is 16.2 Å². The molecule has 2 unspecified atom stereocenters. The molecule has 2 atom stereocenters. The third-order valence-electron chi connectivity index (χ3n) is 4.35. The first kappa shape index (κ1) is 22.2. The maximum absolute atomic E-state index is 6.43. The highest BCUT2D eigenvalue weighted by Crippen LogP contribution is 2.42. The van der Waals surface area contributed by atoms with Gasteiger partial charge < -0.3 is 18.7 Å². The second-order valence-electron chi connectivity index (χ2n) is 6.81. The first-order valence-electron chi connectivity index (χ1n) is 10.4. The number of nitrogens with zero attached hydrogens (tertiary/aromatic N) is 3. The van der Waals surface area contributed by atoms with Crippen molar-refractivity contribution < 1.29 is 18.7 Å². The van der Waals surface area contributed by atoms with Crippen LogP contribution in [0.5, 0.6) is 23.0 Å². The molecular formula is C24H20N3O4P3. The maximum atomic E-state index is 6.43. The van der Waals surface area contributed by atoms with Gasteiger partial charge in [-0.3, -0.25) is 0 Å². The molecule has 0 aliphatic rings. The number of hydrogen-bond donors (Lipinski definition) is 0. The number of para-hydroxylation sites is 4. The average molecular weight is 507 g/mol. The van der Waals surface area contributed by atoms with E-state index in [1.807, 2.05) is 121 Å². The van der Waals surface area contributed by atoms with Gasteiger partial charge in [0.15, 0.2) is 20.0 Å². The summed E-state index contributed by atoms with van der Waals surface area (Å²) in [4.78, 5) is 12.5. The summed E-state index contributed by atoms with van der Waals surface area (Å²) in [5.41, 5.74) is 0. The Morgan fingerprint density at radius 3 is 1.50 bits per heavy atom. The van der Waals surface area contributed by atoms with Crippen molar-refractivity contribution in [1.29, 1.82) is 0 Å². The molecule has 0 spiro atoms. The summed E-state index contributed by atoms with van der Waals surface area (Å²) in [6.45, 7) is 0. The fraction of sp³-hybridized carbons (Fsp3) is 0. The molecule has 0 bridgehead atoms. The van der Waals surface area contributed by atoms with Gasteiger partial charge in [-0.05, 0) is 52.8 Å². The Morgan fingerprint density at radius 1 is 0.529 bits per heavy atom. The highest BCUT2D eigenvalue weighted by molar-refractivity contribution is 7.56. The van der Waals surface area contributed by atoms with Gasteiger partial charge in [0.25, 0.3) is 0 Å². The van der Waals surface area contributed by atoms with E-state index in [4.69, 9.17) is 23.2 Å². The van der Waals surface area contributed by atoms with Crippen LogP contribution in [0.3, 0.4) is 0 Å². The summed E-state index contributed by atoms with van der Waals surface area (Å²) in [5, 5.41) is 0. The standard InChI is InChI=1S/C24H20N3O4P3/c1-5-13-21(14-6-1)28-26-32-25-33(30-23-17-9-3-10-18-23)27(29-22-15-7-2-8-16-22)34(26)31-24-19-11-4-12-20-24/h1-20H. The Kier molecular flexibility index (Phi) is 7.18. The Bertz CT molecular complexity index is 1240. The Hall–Kier alpha value is -3.62. The molecule has 34 heavy (non-hydrogen) atoms. The fourth-order valence-electron chi connectivity index (χ4n) is 2.82. The summed E-state index contributed by atoms with van der Waals surface area (Å²) >= 11 is 0. The minimum Gasteiger partial charge on any atom is -0.414 e. The monoisotopic (exact) mass is 507 g/mol. The number of benzene rings is 4. The maximum Gasteiger partial charge on any atom is 0.319 e. The van der Waals surface area contributed by atoms with Gasteiger partial charge >= 0.3 is 16.2 Å². The first-order chi connectivity index (χ1) is 16.8. The van der Waals surface area contributed by atoms with Gasteiger partial charge in [0.05, 0.1) is 0 Å². The highest BCUT2D eigenvalue weighted by atomic mass is 31.2. The topological polar surface area (TPSA) is 59.7 Å². The molecule has 5 rings (SSSR count). The average Bonchev–Trinajstić information content (AvgIpc) is 2.90. The van der Waals surface area contributed by atoms with E-state index in [0.29, 0.717) is 31.5 Å². The number of rotatable bonds is 8. The molecule has 1 aromatic heterocycles. The van der Waals surface area contributed by atoms with Crippen LogP contribution in [0.25, 0.3) is 0 Å². The molecule has 0 saturated carbocycles. The van der Waals surface area contributed by atoms with E-state index >= 15 is 0 Å². The molecule has 0 radical (unpaired) electrons. The SMILES string of the molecule is c1ccc(On2pnp(Oc3ccccc3)n(Oc3ccccc3)p2Oc2ccccc2)cc1. The zero-order valence-corrected chi connectivity index (χ0v) is 20.5. The number of aromatic nitrogens is 3. The predicted octanol–water partition coefficient (Wildman–Crippen LogP) is 7.73. The Balaban J connectivity index is 1.63. The Labute approximate surface area is 200 Å². The van der Waals surface area contributed by atoms with Crippen molar-refractivity contribution >= 4 is 24.7 Å². The third-order valence-corrected chi connectivity index (χ3v) is 9.01. The summed E-state index contributed by atoms with van der Waals surface area (Å²) in [5.74, 6) is 2.69. The molecule has 0 aliphatic heterocycles.